The van der Waals surface area contributed by atoms with E-state index in [1.807, 2.05) is 0 Å². The van der Waals surface area contributed by atoms with Gasteiger partial charge in [-0.25, -0.2) is 13.8 Å². The molecule has 0 unspecified atom stereocenters. The van der Waals surface area contributed by atoms with Crippen LogP contribution in [0.2, 0.25) is 10.0 Å². The molecule has 1 amide bonds. The SMILES string of the molecule is CS(=O)(=O)N(CC(=O)N/N=C\c1ccc2c(c1)OCO2)c1cc(Cl)cc(Cl)c1. The minimum Gasteiger partial charge on any atom is -0.454 e. The van der Waals surface area contributed by atoms with E-state index in [2.05, 4.69) is 10.5 Å². The second-order valence-electron chi connectivity index (χ2n) is 5.80. The maximum absolute atomic E-state index is 12.2. The van der Waals surface area contributed by atoms with Gasteiger partial charge in [0.25, 0.3) is 5.91 Å². The van der Waals surface area contributed by atoms with Gasteiger partial charge in [0.2, 0.25) is 16.8 Å². The third-order valence-electron chi connectivity index (χ3n) is 3.62. The van der Waals surface area contributed by atoms with Crippen LogP contribution in [0.25, 0.3) is 0 Å². The summed E-state index contributed by atoms with van der Waals surface area (Å²) in [5.41, 5.74) is 3.13. The number of hydrazone groups is 1. The number of sulfonamides is 1. The van der Waals surface area contributed by atoms with E-state index in [9.17, 15) is 13.2 Å². The zero-order valence-corrected chi connectivity index (χ0v) is 16.9. The smallest absolute Gasteiger partial charge is 0.260 e. The first-order chi connectivity index (χ1) is 13.2. The van der Waals surface area contributed by atoms with Crippen molar-refractivity contribution in [1.29, 1.82) is 0 Å². The van der Waals surface area contributed by atoms with Crippen molar-refractivity contribution in [3.63, 3.8) is 0 Å². The number of nitrogens with one attached hydrogen (secondary N) is 1. The average molecular weight is 444 g/mol. The normalized spacial score (nSPS) is 13.0. The van der Waals surface area contributed by atoms with Gasteiger partial charge in [0.05, 0.1) is 18.2 Å². The Morgan fingerprint density at radius 2 is 1.86 bits per heavy atom. The lowest BCUT2D eigenvalue weighted by Gasteiger charge is -2.21. The Balaban J connectivity index is 1.69. The number of ether oxygens (including phenoxy) is 2. The lowest BCUT2D eigenvalue weighted by molar-refractivity contribution is -0.119. The van der Waals surface area contributed by atoms with Crippen LogP contribution in [-0.2, 0) is 14.8 Å². The maximum atomic E-state index is 12.2. The molecule has 11 heteroatoms. The Kier molecular flexibility index (Phi) is 5.97. The van der Waals surface area contributed by atoms with Gasteiger partial charge in [-0.1, -0.05) is 23.2 Å². The van der Waals surface area contributed by atoms with Crippen molar-refractivity contribution in [2.75, 3.05) is 23.9 Å². The van der Waals surface area contributed by atoms with Crippen LogP contribution in [0.1, 0.15) is 5.56 Å². The van der Waals surface area contributed by atoms with Crippen molar-refractivity contribution in [3.05, 3.63) is 52.0 Å². The highest BCUT2D eigenvalue weighted by Crippen LogP contribution is 2.32. The number of anilines is 1. The summed E-state index contributed by atoms with van der Waals surface area (Å²) >= 11 is 11.8. The molecule has 0 saturated heterocycles. The average Bonchev–Trinajstić information content (AvgIpc) is 3.05. The van der Waals surface area contributed by atoms with E-state index in [0.29, 0.717) is 17.1 Å². The number of nitrogens with zero attached hydrogens (tertiary/aromatic N) is 2. The van der Waals surface area contributed by atoms with Crippen LogP contribution >= 0.6 is 23.2 Å². The summed E-state index contributed by atoms with van der Waals surface area (Å²) in [6.07, 6.45) is 2.38. The van der Waals surface area contributed by atoms with Crippen molar-refractivity contribution in [2.24, 2.45) is 5.10 Å². The van der Waals surface area contributed by atoms with Crippen molar-refractivity contribution >= 4 is 51.0 Å². The van der Waals surface area contributed by atoms with E-state index >= 15 is 0 Å². The maximum Gasteiger partial charge on any atom is 0.260 e. The molecule has 0 fully saturated rings. The topological polar surface area (TPSA) is 97.3 Å². The van der Waals surface area contributed by atoms with Crippen molar-refractivity contribution < 1.29 is 22.7 Å². The number of rotatable bonds is 6. The molecule has 148 valence electrons. The Labute approximate surface area is 171 Å². The Bertz CT molecular complexity index is 1020. The number of halogens is 2. The lowest BCUT2D eigenvalue weighted by Crippen LogP contribution is -2.39. The number of hydrogen-bond acceptors (Lipinski definition) is 6. The highest BCUT2D eigenvalue weighted by Gasteiger charge is 2.21. The second-order valence-corrected chi connectivity index (χ2v) is 8.58. The van der Waals surface area contributed by atoms with Crippen LogP contribution < -0.4 is 19.2 Å². The van der Waals surface area contributed by atoms with Crippen LogP contribution in [0.5, 0.6) is 11.5 Å². The molecule has 0 bridgehead atoms. The third-order valence-corrected chi connectivity index (χ3v) is 5.20. The molecule has 0 atom stereocenters. The quantitative estimate of drug-likeness (QED) is 0.546. The molecule has 8 nitrogen and oxygen atoms in total. The number of amides is 1. The second kappa shape index (κ2) is 8.26. The summed E-state index contributed by atoms with van der Waals surface area (Å²) < 4.78 is 35.5. The van der Waals surface area contributed by atoms with Crippen LogP contribution in [0, 0.1) is 0 Å². The fraction of sp³-hybridized carbons (Fsp3) is 0.176. The molecule has 0 saturated carbocycles. The minimum atomic E-state index is -3.76. The molecule has 1 heterocycles. The van der Waals surface area contributed by atoms with E-state index in [1.54, 1.807) is 18.2 Å². The first kappa shape index (κ1) is 20.2. The van der Waals surface area contributed by atoms with Gasteiger partial charge in [0, 0.05) is 10.0 Å². The number of benzene rings is 2. The molecular weight excluding hydrogens is 429 g/mol. The number of fused-ring (bicyclic) bond motifs is 1. The van der Waals surface area contributed by atoms with E-state index in [0.717, 1.165) is 10.6 Å². The van der Waals surface area contributed by atoms with Gasteiger partial charge in [-0.05, 0) is 42.0 Å². The molecular formula is C17H15Cl2N3O5S. The number of hydrogen-bond donors (Lipinski definition) is 1. The first-order valence-corrected chi connectivity index (χ1v) is 10.5. The van der Waals surface area contributed by atoms with Gasteiger partial charge in [-0.2, -0.15) is 5.10 Å². The predicted octanol–water partition coefficient (Wildman–Crippen LogP) is 2.64. The zero-order valence-electron chi connectivity index (χ0n) is 14.6. The van der Waals surface area contributed by atoms with Crippen LogP contribution in [-0.4, -0.2) is 40.1 Å². The van der Waals surface area contributed by atoms with Gasteiger partial charge in [-0.15, -0.1) is 0 Å². The molecule has 2 aromatic carbocycles. The lowest BCUT2D eigenvalue weighted by atomic mass is 10.2. The monoisotopic (exact) mass is 443 g/mol. The minimum absolute atomic E-state index is 0.154. The summed E-state index contributed by atoms with van der Waals surface area (Å²) in [4.78, 5) is 12.2. The van der Waals surface area contributed by atoms with Gasteiger partial charge in [-0.3, -0.25) is 9.10 Å². The van der Waals surface area contributed by atoms with E-state index in [4.69, 9.17) is 32.7 Å². The predicted molar refractivity (Wildman–Crippen MR) is 107 cm³/mol. The third kappa shape index (κ3) is 5.06. The van der Waals surface area contributed by atoms with Crippen LogP contribution in [0.4, 0.5) is 5.69 Å². The summed E-state index contributed by atoms with van der Waals surface area (Å²) in [6, 6.07) is 9.42. The van der Waals surface area contributed by atoms with E-state index in [-0.39, 0.29) is 22.5 Å². The fourth-order valence-corrected chi connectivity index (χ4v) is 3.78. The van der Waals surface area contributed by atoms with Crippen molar-refractivity contribution in [3.8, 4) is 11.5 Å². The highest BCUT2D eigenvalue weighted by atomic mass is 35.5. The summed E-state index contributed by atoms with van der Waals surface area (Å²) in [6.45, 7) is -0.338. The molecule has 1 aliphatic heterocycles. The van der Waals surface area contributed by atoms with E-state index in [1.165, 1.54) is 24.4 Å². The van der Waals surface area contributed by atoms with Gasteiger partial charge in [0.15, 0.2) is 11.5 Å². The largest absolute Gasteiger partial charge is 0.454 e. The molecule has 2 aromatic rings. The van der Waals surface area contributed by atoms with Crippen molar-refractivity contribution in [1.82, 2.24) is 5.43 Å². The summed E-state index contributed by atoms with van der Waals surface area (Å²) in [7, 11) is -3.76. The standard InChI is InChI=1S/C17H15Cl2N3O5S/c1-28(24,25)22(14-6-12(18)5-13(19)7-14)9-17(23)21-20-8-11-2-3-15-16(4-11)27-10-26-15/h2-8H,9-10H2,1H3,(H,21,23)/b20-8-. The molecule has 0 radical (unpaired) electrons. The molecule has 28 heavy (non-hydrogen) atoms. The van der Waals surface area contributed by atoms with Crippen LogP contribution in [0.15, 0.2) is 41.5 Å². The van der Waals surface area contributed by atoms with Crippen molar-refractivity contribution in [2.45, 2.75) is 0 Å². The molecule has 0 aromatic heterocycles. The molecule has 1 aliphatic rings. The van der Waals surface area contributed by atoms with Gasteiger partial charge in [0.1, 0.15) is 6.54 Å². The molecule has 1 N–H and O–H groups in total. The summed E-state index contributed by atoms with van der Waals surface area (Å²) in [5, 5.41) is 4.33. The first-order valence-electron chi connectivity index (χ1n) is 7.88. The fourth-order valence-electron chi connectivity index (χ4n) is 2.42. The molecule has 3 rings (SSSR count). The van der Waals surface area contributed by atoms with E-state index < -0.39 is 22.5 Å². The van der Waals surface area contributed by atoms with Gasteiger partial charge >= 0.3 is 0 Å². The van der Waals surface area contributed by atoms with Crippen LogP contribution in [0.3, 0.4) is 0 Å². The zero-order chi connectivity index (χ0) is 20.3. The van der Waals surface area contributed by atoms with Gasteiger partial charge < -0.3 is 9.47 Å². The highest BCUT2D eigenvalue weighted by molar-refractivity contribution is 7.92. The number of carbonyl (C=O) groups excluding carboxylic acids is 1. The Morgan fingerprint density at radius 3 is 2.54 bits per heavy atom. The summed E-state index contributed by atoms with van der Waals surface area (Å²) in [5.74, 6) is 0.569. The molecule has 0 aliphatic carbocycles. The Morgan fingerprint density at radius 1 is 1.18 bits per heavy atom. The molecule has 0 spiro atoms. The Hall–Kier alpha value is -2.49. The number of carbonyl (C=O) groups is 1.